The minimum absolute atomic E-state index is 0.0199. The van der Waals surface area contributed by atoms with E-state index in [1.807, 2.05) is 46.3 Å². The van der Waals surface area contributed by atoms with Crippen molar-refractivity contribution in [1.29, 1.82) is 0 Å². The van der Waals surface area contributed by atoms with Gasteiger partial charge in [-0.25, -0.2) is 4.98 Å². The summed E-state index contributed by atoms with van der Waals surface area (Å²) in [5.41, 5.74) is 3.37. The summed E-state index contributed by atoms with van der Waals surface area (Å²) in [6.45, 7) is 0.758. The van der Waals surface area contributed by atoms with Crippen LogP contribution in [0.2, 0.25) is 5.02 Å². The van der Waals surface area contributed by atoms with E-state index in [1.54, 1.807) is 5.51 Å². The van der Waals surface area contributed by atoms with Gasteiger partial charge < -0.3 is 4.90 Å². The quantitative estimate of drug-likeness (QED) is 0.844. The lowest BCUT2D eigenvalue weighted by molar-refractivity contribution is 0.0696. The molecule has 1 saturated heterocycles. The van der Waals surface area contributed by atoms with Crippen molar-refractivity contribution in [3.05, 3.63) is 51.4 Å². The zero-order valence-corrected chi connectivity index (χ0v) is 13.0. The van der Waals surface area contributed by atoms with Crippen LogP contribution in [0.4, 0.5) is 0 Å². The van der Waals surface area contributed by atoms with Crippen LogP contribution in [0, 0.1) is 0 Å². The number of amides is 1. The molecule has 0 N–H and O–H groups in total. The van der Waals surface area contributed by atoms with E-state index in [1.165, 1.54) is 11.3 Å². The van der Waals surface area contributed by atoms with E-state index >= 15 is 0 Å². The van der Waals surface area contributed by atoms with E-state index < -0.39 is 0 Å². The molecule has 2 heterocycles. The van der Waals surface area contributed by atoms with Crippen LogP contribution < -0.4 is 0 Å². The highest BCUT2D eigenvalue weighted by atomic mass is 35.5. The first-order valence-electron chi connectivity index (χ1n) is 6.28. The number of hydrogen-bond acceptors (Lipinski definition) is 4. The summed E-state index contributed by atoms with van der Waals surface area (Å²) >= 11 is 9.26. The van der Waals surface area contributed by atoms with Crippen molar-refractivity contribution in [1.82, 2.24) is 9.88 Å². The van der Waals surface area contributed by atoms with Crippen molar-refractivity contribution in [2.24, 2.45) is 0 Å². The topological polar surface area (TPSA) is 33.2 Å². The van der Waals surface area contributed by atoms with Gasteiger partial charge >= 0.3 is 0 Å². The summed E-state index contributed by atoms with van der Waals surface area (Å²) in [6, 6.07) is 7.85. The smallest absolute Gasteiger partial charge is 0.273 e. The van der Waals surface area contributed by atoms with Crippen molar-refractivity contribution in [2.45, 2.75) is 6.04 Å². The van der Waals surface area contributed by atoms with Crippen LogP contribution in [0.1, 0.15) is 22.1 Å². The molecule has 0 bridgehead atoms. The van der Waals surface area contributed by atoms with Gasteiger partial charge in [-0.1, -0.05) is 23.7 Å². The zero-order chi connectivity index (χ0) is 13.9. The van der Waals surface area contributed by atoms with Gasteiger partial charge in [-0.3, -0.25) is 4.79 Å². The first-order valence-corrected chi connectivity index (χ1v) is 8.75. The molecule has 0 radical (unpaired) electrons. The first-order chi connectivity index (χ1) is 9.75. The summed E-state index contributed by atoms with van der Waals surface area (Å²) < 4.78 is 0. The molecule has 20 heavy (non-hydrogen) atoms. The Balaban J connectivity index is 1.87. The lowest BCUT2D eigenvalue weighted by Crippen LogP contribution is -2.40. The van der Waals surface area contributed by atoms with E-state index in [4.69, 9.17) is 11.6 Å². The maximum Gasteiger partial charge on any atom is 0.273 e. The molecule has 1 aromatic heterocycles. The number of carbonyl (C=O) groups is 1. The normalized spacial score (nSPS) is 19.1. The summed E-state index contributed by atoms with van der Waals surface area (Å²) in [4.78, 5) is 18.6. The molecule has 104 valence electrons. The molecular weight excluding hydrogens is 312 g/mol. The van der Waals surface area contributed by atoms with Crippen LogP contribution in [0.15, 0.2) is 35.2 Å². The number of halogens is 1. The minimum Gasteiger partial charge on any atom is -0.329 e. The van der Waals surface area contributed by atoms with Crippen molar-refractivity contribution in [3.8, 4) is 0 Å². The predicted octanol–water partition coefficient (Wildman–Crippen LogP) is 3.73. The number of thioether (sulfide) groups is 1. The number of rotatable bonds is 2. The van der Waals surface area contributed by atoms with Crippen LogP contribution in [0.25, 0.3) is 0 Å². The average molecular weight is 325 g/mol. The second-order valence-corrected chi connectivity index (χ2v) is 6.82. The van der Waals surface area contributed by atoms with E-state index in [2.05, 4.69) is 4.98 Å². The summed E-state index contributed by atoms with van der Waals surface area (Å²) in [6.07, 6.45) is 0. The molecule has 0 aliphatic carbocycles. The number of hydrogen-bond donors (Lipinski definition) is 0. The number of benzene rings is 1. The van der Waals surface area contributed by atoms with Gasteiger partial charge in [0, 0.05) is 28.5 Å². The second-order valence-electron chi connectivity index (χ2n) is 4.51. The van der Waals surface area contributed by atoms with E-state index in [9.17, 15) is 4.79 Å². The molecule has 0 spiro atoms. The number of thiazole rings is 1. The third-order valence-electron chi connectivity index (χ3n) is 3.30. The largest absolute Gasteiger partial charge is 0.329 e. The molecule has 3 rings (SSSR count). The fraction of sp³-hybridized carbons (Fsp3) is 0.286. The third kappa shape index (κ3) is 2.85. The summed E-state index contributed by atoms with van der Waals surface area (Å²) in [5.74, 6) is 1.91. The molecular formula is C14H13ClN2OS2. The maximum absolute atomic E-state index is 12.5. The monoisotopic (exact) mass is 324 g/mol. The van der Waals surface area contributed by atoms with Crippen molar-refractivity contribution in [3.63, 3.8) is 0 Å². The highest BCUT2D eigenvalue weighted by Gasteiger charge is 2.29. The lowest BCUT2D eigenvalue weighted by atomic mass is 10.1. The van der Waals surface area contributed by atoms with Gasteiger partial charge in [0.1, 0.15) is 5.69 Å². The van der Waals surface area contributed by atoms with Gasteiger partial charge in [0.15, 0.2) is 0 Å². The Morgan fingerprint density at radius 3 is 2.85 bits per heavy atom. The molecule has 1 fully saturated rings. The maximum atomic E-state index is 12.5. The SMILES string of the molecule is O=C(c1cscn1)N1CCSC[C@H]1c1ccc(Cl)cc1. The molecule has 1 aromatic carbocycles. The van der Waals surface area contributed by atoms with Crippen molar-refractivity contribution < 1.29 is 4.79 Å². The molecule has 1 atom stereocenters. The molecule has 0 unspecified atom stereocenters. The highest BCUT2D eigenvalue weighted by molar-refractivity contribution is 7.99. The van der Waals surface area contributed by atoms with Gasteiger partial charge in [-0.2, -0.15) is 11.8 Å². The fourth-order valence-electron chi connectivity index (χ4n) is 2.27. The van der Waals surface area contributed by atoms with Crippen LogP contribution in [0.3, 0.4) is 0 Å². The standard InChI is InChI=1S/C14H13ClN2OS2/c15-11-3-1-10(2-4-11)13-8-19-6-5-17(13)14(18)12-7-20-9-16-12/h1-4,7,9,13H,5-6,8H2/t13-/m0/s1. The highest BCUT2D eigenvalue weighted by Crippen LogP contribution is 2.31. The van der Waals surface area contributed by atoms with Gasteiger partial charge in [0.2, 0.25) is 0 Å². The fourth-order valence-corrected chi connectivity index (χ4v) is 4.01. The number of aromatic nitrogens is 1. The van der Waals surface area contributed by atoms with Gasteiger partial charge in [0.25, 0.3) is 5.91 Å². The van der Waals surface area contributed by atoms with E-state index in [0.717, 1.165) is 28.6 Å². The molecule has 0 saturated carbocycles. The summed E-state index contributed by atoms with van der Waals surface area (Å²) in [7, 11) is 0. The number of carbonyl (C=O) groups excluding carboxylic acids is 1. The van der Waals surface area contributed by atoms with Crippen LogP contribution in [0.5, 0.6) is 0 Å². The second kappa shape index (κ2) is 6.16. The molecule has 2 aromatic rings. The molecule has 6 heteroatoms. The first kappa shape index (κ1) is 13.9. The Bertz CT molecular complexity index is 586. The van der Waals surface area contributed by atoms with Crippen molar-refractivity contribution in [2.75, 3.05) is 18.1 Å². The van der Waals surface area contributed by atoms with Gasteiger partial charge in [-0.05, 0) is 17.7 Å². The Kier molecular flexibility index (Phi) is 4.29. The Morgan fingerprint density at radius 2 is 2.15 bits per heavy atom. The molecule has 1 aliphatic rings. The van der Waals surface area contributed by atoms with Gasteiger partial charge in [-0.15, -0.1) is 11.3 Å². The molecule has 3 nitrogen and oxygen atoms in total. The molecule has 1 aliphatic heterocycles. The summed E-state index contributed by atoms with van der Waals surface area (Å²) in [5, 5.41) is 2.53. The average Bonchev–Trinajstić information content (AvgIpc) is 3.02. The van der Waals surface area contributed by atoms with E-state index in [-0.39, 0.29) is 11.9 Å². The van der Waals surface area contributed by atoms with Crippen LogP contribution in [-0.4, -0.2) is 33.8 Å². The van der Waals surface area contributed by atoms with E-state index in [0.29, 0.717) is 5.69 Å². The van der Waals surface area contributed by atoms with Crippen LogP contribution >= 0.6 is 34.7 Å². The minimum atomic E-state index is 0.0199. The Labute approximate surface area is 131 Å². The number of nitrogens with zero attached hydrogens (tertiary/aromatic N) is 2. The zero-order valence-electron chi connectivity index (χ0n) is 10.7. The Hall–Kier alpha value is -1.04. The van der Waals surface area contributed by atoms with Gasteiger partial charge in [0.05, 0.1) is 11.6 Å². The lowest BCUT2D eigenvalue weighted by Gasteiger charge is -2.35. The Morgan fingerprint density at radius 1 is 1.35 bits per heavy atom. The van der Waals surface area contributed by atoms with Crippen molar-refractivity contribution >= 4 is 40.6 Å². The third-order valence-corrected chi connectivity index (χ3v) is 5.16. The van der Waals surface area contributed by atoms with Crippen LogP contribution in [-0.2, 0) is 0 Å². The predicted molar refractivity (Wildman–Crippen MR) is 84.7 cm³/mol. The molecule has 1 amide bonds.